The molecule has 0 bridgehead atoms. The summed E-state index contributed by atoms with van der Waals surface area (Å²) in [6, 6.07) is 21.4. The molecule has 0 radical (unpaired) electrons. The van der Waals surface area contributed by atoms with Gasteiger partial charge in [-0.25, -0.2) is 8.42 Å². The summed E-state index contributed by atoms with van der Waals surface area (Å²) in [6.07, 6.45) is 0. The van der Waals surface area contributed by atoms with E-state index in [-0.39, 0.29) is 23.3 Å². The second kappa shape index (κ2) is 11.2. The number of hydrogen-bond donors (Lipinski definition) is 0. The van der Waals surface area contributed by atoms with Crippen LogP contribution in [0, 0.1) is 6.92 Å². The number of aryl methyl sites for hydroxylation is 1. The Bertz CT molecular complexity index is 1700. The van der Waals surface area contributed by atoms with E-state index in [4.69, 9.17) is 4.74 Å². The van der Waals surface area contributed by atoms with Gasteiger partial charge in [-0.3, -0.25) is 19.1 Å². The fourth-order valence-electron chi connectivity index (χ4n) is 4.96. The summed E-state index contributed by atoms with van der Waals surface area (Å²) >= 11 is 1.37. The van der Waals surface area contributed by atoms with Gasteiger partial charge < -0.3 is 4.74 Å². The Morgan fingerprint density at radius 3 is 2.20 bits per heavy atom. The first-order valence-electron chi connectivity index (χ1n) is 13.1. The van der Waals surface area contributed by atoms with Gasteiger partial charge in [0.15, 0.2) is 11.0 Å². The van der Waals surface area contributed by atoms with E-state index in [9.17, 15) is 18.0 Å². The van der Waals surface area contributed by atoms with Crippen LogP contribution in [0.5, 0.6) is 0 Å². The number of fused-ring (bicyclic) bond motifs is 1. The molecule has 0 saturated carbocycles. The van der Waals surface area contributed by atoms with Gasteiger partial charge in [-0.15, -0.1) is 10.2 Å². The van der Waals surface area contributed by atoms with Crippen LogP contribution < -0.4 is 0 Å². The van der Waals surface area contributed by atoms with E-state index < -0.39 is 10.0 Å². The molecule has 2 amide bonds. The van der Waals surface area contributed by atoms with Crippen molar-refractivity contribution >= 4 is 33.6 Å². The molecule has 12 heteroatoms. The molecule has 3 heterocycles. The number of rotatable bonds is 8. The average Bonchev–Trinajstić information content (AvgIpc) is 3.53. The van der Waals surface area contributed by atoms with Gasteiger partial charge in [0, 0.05) is 36.6 Å². The molecule has 6 rings (SSSR count). The topological polar surface area (TPSA) is 115 Å². The molecule has 0 atom stereocenters. The summed E-state index contributed by atoms with van der Waals surface area (Å²) in [5, 5.41) is 9.49. The number of imide groups is 1. The van der Waals surface area contributed by atoms with Gasteiger partial charge in [0.2, 0.25) is 10.0 Å². The lowest BCUT2D eigenvalue weighted by Crippen LogP contribution is -2.40. The first-order chi connectivity index (χ1) is 19.9. The maximum absolute atomic E-state index is 13.4. The number of aromatic nitrogens is 3. The molecule has 3 aromatic carbocycles. The number of para-hydroxylation sites is 1. The number of carbonyl (C=O) groups excluding carboxylic acids is 2. The number of morpholine rings is 1. The van der Waals surface area contributed by atoms with Crippen LogP contribution in [0.3, 0.4) is 0 Å². The summed E-state index contributed by atoms with van der Waals surface area (Å²) < 4.78 is 35.5. The molecule has 1 fully saturated rings. The molecule has 1 aromatic heterocycles. The van der Waals surface area contributed by atoms with Crippen molar-refractivity contribution in [1.82, 2.24) is 24.0 Å². The zero-order valence-electron chi connectivity index (χ0n) is 22.3. The normalized spacial score (nSPS) is 15.9. The second-order valence-electron chi connectivity index (χ2n) is 9.63. The predicted octanol–water partition coefficient (Wildman–Crippen LogP) is 3.65. The standard InChI is InChI=1S/C29H27N5O5S2/c1-20-11-12-22(41(37,38)32-13-16-39-17-14-32)19-25(20)26-30-31-29(34(26)21-7-3-2-4-8-21)40-18-15-33-27(35)23-9-5-6-10-24(23)28(33)36/h2-12,19H,13-18H2,1H3. The highest BCUT2D eigenvalue weighted by molar-refractivity contribution is 7.99. The lowest BCUT2D eigenvalue weighted by Gasteiger charge is -2.26. The van der Waals surface area contributed by atoms with Crippen molar-refractivity contribution in [3.05, 3.63) is 89.5 Å². The van der Waals surface area contributed by atoms with Crippen LogP contribution in [0.15, 0.2) is 82.8 Å². The second-order valence-corrected chi connectivity index (χ2v) is 12.6. The number of thioether (sulfide) groups is 1. The predicted molar refractivity (Wildman–Crippen MR) is 154 cm³/mol. The Kier molecular flexibility index (Phi) is 7.47. The molecule has 0 unspecified atom stereocenters. The molecule has 41 heavy (non-hydrogen) atoms. The van der Waals surface area contributed by atoms with Crippen LogP contribution in [-0.4, -0.2) is 82.8 Å². The molecule has 210 valence electrons. The fourth-order valence-corrected chi connectivity index (χ4v) is 7.27. The van der Waals surface area contributed by atoms with Crippen LogP contribution in [0.4, 0.5) is 0 Å². The Labute approximate surface area is 242 Å². The summed E-state index contributed by atoms with van der Waals surface area (Å²) in [6.45, 7) is 3.45. The van der Waals surface area contributed by atoms with Crippen LogP contribution in [0.2, 0.25) is 0 Å². The molecular weight excluding hydrogens is 562 g/mol. The maximum atomic E-state index is 13.4. The first kappa shape index (κ1) is 27.3. The highest BCUT2D eigenvalue weighted by Gasteiger charge is 2.35. The monoisotopic (exact) mass is 589 g/mol. The number of nitrogens with zero attached hydrogens (tertiary/aromatic N) is 5. The Morgan fingerprint density at radius 1 is 0.854 bits per heavy atom. The fraction of sp³-hybridized carbons (Fsp3) is 0.241. The Hall–Kier alpha value is -3.84. The number of ether oxygens (including phenoxy) is 1. The summed E-state index contributed by atoms with van der Waals surface area (Å²) in [4.78, 5) is 27.0. The van der Waals surface area contributed by atoms with Crippen molar-refractivity contribution in [3.63, 3.8) is 0 Å². The molecule has 0 N–H and O–H groups in total. The van der Waals surface area contributed by atoms with Crippen molar-refractivity contribution in [2.24, 2.45) is 0 Å². The van der Waals surface area contributed by atoms with Gasteiger partial charge in [-0.2, -0.15) is 4.31 Å². The lowest BCUT2D eigenvalue weighted by atomic mass is 10.1. The SMILES string of the molecule is Cc1ccc(S(=O)(=O)N2CCOCC2)cc1-c1nnc(SCCN2C(=O)c3ccccc3C2=O)n1-c1ccccc1. The quantitative estimate of drug-likeness (QED) is 0.226. The molecule has 0 spiro atoms. The average molecular weight is 590 g/mol. The largest absolute Gasteiger partial charge is 0.379 e. The van der Waals surface area contributed by atoms with Crippen molar-refractivity contribution in [2.45, 2.75) is 17.0 Å². The number of amides is 2. The Morgan fingerprint density at radius 2 is 1.51 bits per heavy atom. The molecule has 2 aliphatic rings. The minimum Gasteiger partial charge on any atom is -0.379 e. The molecule has 1 saturated heterocycles. The molecule has 4 aromatic rings. The highest BCUT2D eigenvalue weighted by atomic mass is 32.2. The van der Waals surface area contributed by atoms with E-state index in [1.54, 1.807) is 42.5 Å². The number of benzene rings is 3. The molecule has 0 aliphatic carbocycles. The molecule has 10 nitrogen and oxygen atoms in total. The zero-order valence-corrected chi connectivity index (χ0v) is 23.9. The van der Waals surface area contributed by atoms with E-state index in [1.807, 2.05) is 41.8 Å². The van der Waals surface area contributed by atoms with Crippen molar-refractivity contribution in [1.29, 1.82) is 0 Å². The van der Waals surface area contributed by atoms with Crippen LogP contribution >= 0.6 is 11.8 Å². The van der Waals surface area contributed by atoms with Gasteiger partial charge in [-0.05, 0) is 48.9 Å². The van der Waals surface area contributed by atoms with E-state index >= 15 is 0 Å². The number of carbonyl (C=O) groups is 2. The highest BCUT2D eigenvalue weighted by Crippen LogP contribution is 2.32. The minimum absolute atomic E-state index is 0.183. The van der Waals surface area contributed by atoms with Crippen LogP contribution in [-0.2, 0) is 14.8 Å². The van der Waals surface area contributed by atoms with Gasteiger partial charge in [0.05, 0.1) is 29.2 Å². The third-order valence-electron chi connectivity index (χ3n) is 7.13. The number of sulfonamides is 1. The maximum Gasteiger partial charge on any atom is 0.261 e. The van der Waals surface area contributed by atoms with Crippen molar-refractivity contribution in [3.8, 4) is 17.1 Å². The van der Waals surface area contributed by atoms with Gasteiger partial charge in [-0.1, -0.05) is 48.2 Å². The van der Waals surface area contributed by atoms with Gasteiger partial charge in [0.1, 0.15) is 0 Å². The third-order valence-corrected chi connectivity index (χ3v) is 9.93. The van der Waals surface area contributed by atoms with Crippen LogP contribution in [0.1, 0.15) is 26.3 Å². The summed E-state index contributed by atoms with van der Waals surface area (Å²) in [5.74, 6) is 0.299. The third kappa shape index (κ3) is 5.08. The van der Waals surface area contributed by atoms with E-state index in [0.717, 1.165) is 11.3 Å². The van der Waals surface area contributed by atoms with Gasteiger partial charge in [0.25, 0.3) is 11.8 Å². The van der Waals surface area contributed by atoms with Crippen LogP contribution in [0.25, 0.3) is 17.1 Å². The summed E-state index contributed by atoms with van der Waals surface area (Å²) in [7, 11) is -3.72. The Balaban J connectivity index is 1.31. The van der Waals surface area contributed by atoms with E-state index in [0.29, 0.717) is 59.7 Å². The smallest absolute Gasteiger partial charge is 0.261 e. The number of hydrogen-bond acceptors (Lipinski definition) is 8. The van der Waals surface area contributed by atoms with E-state index in [2.05, 4.69) is 10.2 Å². The first-order valence-corrected chi connectivity index (χ1v) is 15.6. The minimum atomic E-state index is -3.72. The van der Waals surface area contributed by atoms with Gasteiger partial charge >= 0.3 is 0 Å². The molecular formula is C29H27N5O5S2. The molecule has 2 aliphatic heterocycles. The van der Waals surface area contributed by atoms with E-state index in [1.165, 1.54) is 21.0 Å². The van der Waals surface area contributed by atoms with Crippen molar-refractivity contribution in [2.75, 3.05) is 38.6 Å². The summed E-state index contributed by atoms with van der Waals surface area (Å²) in [5.41, 5.74) is 3.12. The zero-order chi connectivity index (χ0) is 28.6. The van der Waals surface area contributed by atoms with Crippen molar-refractivity contribution < 1.29 is 22.7 Å². The lowest BCUT2D eigenvalue weighted by molar-refractivity contribution is 0.0664.